The summed E-state index contributed by atoms with van der Waals surface area (Å²) in [7, 11) is -3.56. The molecule has 2 saturated heterocycles. The number of hydrogen-bond donors (Lipinski definition) is 2. The molecule has 2 fully saturated rings. The summed E-state index contributed by atoms with van der Waals surface area (Å²) in [6, 6.07) is 6.46. The summed E-state index contributed by atoms with van der Waals surface area (Å²) in [4.78, 5) is 14.7. The highest BCUT2D eigenvalue weighted by atomic mass is 32.2. The van der Waals surface area contributed by atoms with E-state index >= 15 is 0 Å². The van der Waals surface area contributed by atoms with Crippen molar-refractivity contribution in [2.45, 2.75) is 24.3 Å². The second-order valence-electron chi connectivity index (χ2n) is 6.84. The number of anilines is 1. The standard InChI is InChI=1S/C18H28N4O4S/c1-2-21-7-9-22(10-8-21)27(24,25)17-5-3-4-15(12-17)20-18(23)13-16-14-26-11-6-19-16/h3-5,12,16,19H,2,6-11,13-14H2,1H3,(H,20,23). The largest absolute Gasteiger partial charge is 0.378 e. The quantitative estimate of drug-likeness (QED) is 0.720. The number of nitrogens with zero attached hydrogens (tertiary/aromatic N) is 2. The van der Waals surface area contributed by atoms with Gasteiger partial charge in [-0.2, -0.15) is 4.31 Å². The van der Waals surface area contributed by atoms with Gasteiger partial charge < -0.3 is 20.3 Å². The number of amides is 1. The van der Waals surface area contributed by atoms with Gasteiger partial charge in [0.15, 0.2) is 0 Å². The molecule has 1 unspecified atom stereocenters. The van der Waals surface area contributed by atoms with Crippen LogP contribution < -0.4 is 10.6 Å². The van der Waals surface area contributed by atoms with Gasteiger partial charge in [0.25, 0.3) is 0 Å². The Kier molecular flexibility index (Phi) is 6.83. The van der Waals surface area contributed by atoms with Gasteiger partial charge in [0.2, 0.25) is 15.9 Å². The summed E-state index contributed by atoms with van der Waals surface area (Å²) < 4.78 is 32.7. The monoisotopic (exact) mass is 396 g/mol. The molecule has 8 nitrogen and oxygen atoms in total. The van der Waals surface area contributed by atoms with Crippen molar-refractivity contribution in [1.82, 2.24) is 14.5 Å². The number of likely N-dealkylation sites (N-methyl/N-ethyl adjacent to an activating group) is 1. The van der Waals surface area contributed by atoms with Crippen LogP contribution in [-0.2, 0) is 19.6 Å². The highest BCUT2D eigenvalue weighted by Crippen LogP contribution is 2.21. The van der Waals surface area contributed by atoms with Gasteiger partial charge in [0, 0.05) is 50.9 Å². The van der Waals surface area contributed by atoms with E-state index in [0.29, 0.717) is 32.0 Å². The lowest BCUT2D eigenvalue weighted by Gasteiger charge is -2.33. The Hall–Kier alpha value is -1.52. The number of sulfonamides is 1. The summed E-state index contributed by atoms with van der Waals surface area (Å²) in [5.41, 5.74) is 0.491. The second-order valence-corrected chi connectivity index (χ2v) is 8.78. The van der Waals surface area contributed by atoms with Crippen LogP contribution in [0.4, 0.5) is 5.69 Å². The molecule has 0 aromatic heterocycles. The highest BCUT2D eigenvalue weighted by molar-refractivity contribution is 7.89. The minimum atomic E-state index is -3.56. The Balaban J connectivity index is 1.63. The van der Waals surface area contributed by atoms with Crippen LogP contribution >= 0.6 is 0 Å². The van der Waals surface area contributed by atoms with Crippen molar-refractivity contribution in [3.05, 3.63) is 24.3 Å². The van der Waals surface area contributed by atoms with Gasteiger partial charge in [-0.25, -0.2) is 8.42 Å². The Morgan fingerprint density at radius 1 is 1.30 bits per heavy atom. The van der Waals surface area contributed by atoms with E-state index in [4.69, 9.17) is 4.74 Å². The molecule has 2 N–H and O–H groups in total. The van der Waals surface area contributed by atoms with Crippen molar-refractivity contribution in [3.8, 4) is 0 Å². The Morgan fingerprint density at radius 3 is 2.74 bits per heavy atom. The molecular weight excluding hydrogens is 368 g/mol. The van der Waals surface area contributed by atoms with E-state index in [-0.39, 0.29) is 23.3 Å². The number of ether oxygens (including phenoxy) is 1. The summed E-state index contributed by atoms with van der Waals surface area (Å²) in [6.45, 7) is 7.35. The fourth-order valence-electron chi connectivity index (χ4n) is 3.36. The van der Waals surface area contributed by atoms with Gasteiger partial charge in [-0.1, -0.05) is 13.0 Å². The van der Waals surface area contributed by atoms with Gasteiger partial charge in [0.05, 0.1) is 18.1 Å². The van der Waals surface area contributed by atoms with Gasteiger partial charge >= 0.3 is 0 Å². The number of hydrogen-bond acceptors (Lipinski definition) is 6. The van der Waals surface area contributed by atoms with Crippen LogP contribution in [0.15, 0.2) is 29.2 Å². The molecule has 9 heteroatoms. The van der Waals surface area contributed by atoms with E-state index in [9.17, 15) is 13.2 Å². The lowest BCUT2D eigenvalue weighted by molar-refractivity contribution is -0.117. The van der Waals surface area contributed by atoms with Gasteiger partial charge in [0.1, 0.15) is 0 Å². The van der Waals surface area contributed by atoms with Gasteiger partial charge in [-0.3, -0.25) is 4.79 Å². The lowest BCUT2D eigenvalue weighted by Crippen LogP contribution is -2.48. The van der Waals surface area contributed by atoms with Crippen LogP contribution in [0.25, 0.3) is 0 Å². The summed E-state index contributed by atoms with van der Waals surface area (Å²) in [5.74, 6) is -0.163. The number of benzene rings is 1. The first kappa shape index (κ1) is 20.2. The van der Waals surface area contributed by atoms with E-state index in [1.165, 1.54) is 10.4 Å². The molecule has 1 atom stereocenters. The zero-order valence-corrected chi connectivity index (χ0v) is 16.5. The third-order valence-corrected chi connectivity index (χ3v) is 6.86. The molecule has 0 aliphatic carbocycles. The summed E-state index contributed by atoms with van der Waals surface area (Å²) in [5, 5.41) is 6.03. The van der Waals surface area contributed by atoms with Crippen molar-refractivity contribution in [2.24, 2.45) is 0 Å². The maximum Gasteiger partial charge on any atom is 0.243 e. The molecule has 2 aliphatic rings. The van der Waals surface area contributed by atoms with Crippen LogP contribution in [0.5, 0.6) is 0 Å². The van der Waals surface area contributed by atoms with Crippen molar-refractivity contribution in [1.29, 1.82) is 0 Å². The van der Waals surface area contributed by atoms with Crippen LogP contribution in [0, 0.1) is 0 Å². The molecule has 27 heavy (non-hydrogen) atoms. The van der Waals surface area contributed by atoms with Crippen molar-refractivity contribution < 1.29 is 17.9 Å². The summed E-state index contributed by atoms with van der Waals surface area (Å²) in [6.07, 6.45) is 0.288. The molecule has 0 saturated carbocycles. The smallest absolute Gasteiger partial charge is 0.243 e. The minimum Gasteiger partial charge on any atom is -0.378 e. The first-order chi connectivity index (χ1) is 13.0. The molecule has 2 aliphatic heterocycles. The molecular formula is C18H28N4O4S. The lowest BCUT2D eigenvalue weighted by atomic mass is 10.2. The van der Waals surface area contributed by atoms with Crippen LogP contribution in [-0.4, -0.2) is 82.1 Å². The Bertz CT molecular complexity index is 741. The number of morpholine rings is 1. The molecule has 1 aromatic carbocycles. The SMILES string of the molecule is CCN1CCN(S(=O)(=O)c2cccc(NC(=O)CC3COCCN3)c2)CC1. The number of carbonyl (C=O) groups is 1. The minimum absolute atomic E-state index is 0.0134. The van der Waals surface area contributed by atoms with E-state index in [1.54, 1.807) is 18.2 Å². The Labute approximate surface area is 160 Å². The zero-order valence-electron chi connectivity index (χ0n) is 15.7. The third-order valence-electron chi connectivity index (χ3n) is 4.96. The molecule has 2 heterocycles. The maximum absolute atomic E-state index is 12.9. The van der Waals surface area contributed by atoms with E-state index in [2.05, 4.69) is 22.5 Å². The third kappa shape index (κ3) is 5.26. The molecule has 1 amide bonds. The first-order valence-corrected chi connectivity index (χ1v) is 10.9. The van der Waals surface area contributed by atoms with Crippen LogP contribution in [0.3, 0.4) is 0 Å². The van der Waals surface area contributed by atoms with Crippen LogP contribution in [0.1, 0.15) is 13.3 Å². The average Bonchev–Trinajstić information content (AvgIpc) is 2.69. The predicted molar refractivity (Wildman–Crippen MR) is 103 cm³/mol. The Morgan fingerprint density at radius 2 is 2.07 bits per heavy atom. The van der Waals surface area contributed by atoms with Crippen LogP contribution in [0.2, 0.25) is 0 Å². The fraction of sp³-hybridized carbons (Fsp3) is 0.611. The predicted octanol–water partition coefficient (Wildman–Crippen LogP) is 0.330. The molecule has 3 rings (SSSR count). The molecule has 1 aromatic rings. The normalized spacial score (nSPS) is 22.5. The van der Waals surface area contributed by atoms with E-state index < -0.39 is 10.0 Å². The van der Waals surface area contributed by atoms with Crippen molar-refractivity contribution >= 4 is 21.6 Å². The number of nitrogens with one attached hydrogen (secondary N) is 2. The highest BCUT2D eigenvalue weighted by Gasteiger charge is 2.28. The maximum atomic E-state index is 12.9. The topological polar surface area (TPSA) is 91.0 Å². The number of rotatable bonds is 6. The van der Waals surface area contributed by atoms with E-state index in [0.717, 1.165) is 26.2 Å². The summed E-state index contributed by atoms with van der Waals surface area (Å²) >= 11 is 0. The molecule has 0 spiro atoms. The molecule has 150 valence electrons. The van der Waals surface area contributed by atoms with Crippen molar-refractivity contribution in [3.63, 3.8) is 0 Å². The van der Waals surface area contributed by atoms with Crippen molar-refractivity contribution in [2.75, 3.05) is 57.8 Å². The first-order valence-electron chi connectivity index (χ1n) is 9.42. The molecule has 0 bridgehead atoms. The average molecular weight is 397 g/mol. The number of carbonyl (C=O) groups excluding carboxylic acids is 1. The van der Waals surface area contributed by atoms with E-state index in [1.807, 2.05) is 0 Å². The fourth-order valence-corrected chi connectivity index (χ4v) is 4.82. The second kappa shape index (κ2) is 9.11. The van der Waals surface area contributed by atoms with Gasteiger partial charge in [-0.05, 0) is 24.7 Å². The van der Waals surface area contributed by atoms with Gasteiger partial charge in [-0.15, -0.1) is 0 Å². The number of piperazine rings is 1. The zero-order chi connectivity index (χ0) is 19.3. The molecule has 0 radical (unpaired) electrons.